The molecule has 0 spiro atoms. The zero-order valence-corrected chi connectivity index (χ0v) is 16.8. The third-order valence-corrected chi connectivity index (χ3v) is 4.93. The molecule has 0 fully saturated rings. The maximum Gasteiger partial charge on any atom is 0.332 e. The van der Waals surface area contributed by atoms with Crippen molar-refractivity contribution in [1.29, 1.82) is 0 Å². The minimum Gasteiger partial charge on any atom is -0.339 e. The molecule has 4 rings (SSSR count). The first-order chi connectivity index (χ1) is 14.5. The van der Waals surface area contributed by atoms with Gasteiger partial charge < -0.3 is 9.51 Å². The molecule has 0 saturated carbocycles. The molecule has 0 saturated heterocycles. The molecule has 1 aromatic carbocycles. The maximum absolute atomic E-state index is 13.8. The van der Waals surface area contributed by atoms with E-state index in [1.54, 1.807) is 25.1 Å². The van der Waals surface area contributed by atoms with Crippen molar-refractivity contribution >= 4 is 22.8 Å². The first-order valence-corrected chi connectivity index (χ1v) is 9.83. The van der Waals surface area contributed by atoms with Gasteiger partial charge in [0.25, 0.3) is 5.56 Å². The van der Waals surface area contributed by atoms with Crippen molar-refractivity contribution in [2.45, 2.75) is 39.3 Å². The number of hydrogen-bond acceptors (Lipinski definition) is 6. The summed E-state index contributed by atoms with van der Waals surface area (Å²) in [6.45, 7) is 2.37. The molecule has 0 aliphatic heterocycles. The van der Waals surface area contributed by atoms with Gasteiger partial charge in [0.2, 0.25) is 17.0 Å². The predicted octanol–water partition coefficient (Wildman–Crippen LogP) is 2.77. The number of imidazole rings is 1. The SMILES string of the molecule is CCn1c(=O)n(CCCCc2nc(-c3ccccc3F)no2)c(=O)c2[nH]c(Cl)nc21. The Morgan fingerprint density at radius 2 is 1.97 bits per heavy atom. The topological polar surface area (TPSA) is 112 Å². The first-order valence-electron chi connectivity index (χ1n) is 9.46. The van der Waals surface area contributed by atoms with Gasteiger partial charge in [-0.1, -0.05) is 17.3 Å². The molecule has 0 bridgehead atoms. The number of nitrogens with zero attached hydrogens (tertiary/aromatic N) is 5. The summed E-state index contributed by atoms with van der Waals surface area (Å²) in [4.78, 5) is 36.2. The third kappa shape index (κ3) is 3.65. The van der Waals surface area contributed by atoms with Crippen LogP contribution in [0, 0.1) is 5.82 Å². The van der Waals surface area contributed by atoms with Crippen LogP contribution in [0.15, 0.2) is 38.4 Å². The minimum atomic E-state index is -0.460. The monoisotopic (exact) mass is 432 g/mol. The number of fused-ring (bicyclic) bond motifs is 1. The maximum atomic E-state index is 13.8. The van der Waals surface area contributed by atoms with E-state index in [1.807, 2.05) is 0 Å². The van der Waals surface area contributed by atoms with E-state index in [0.29, 0.717) is 31.7 Å². The molecular weight excluding hydrogens is 415 g/mol. The lowest BCUT2D eigenvalue weighted by atomic mass is 10.2. The van der Waals surface area contributed by atoms with Crippen molar-refractivity contribution in [2.24, 2.45) is 0 Å². The number of aryl methyl sites for hydroxylation is 2. The van der Waals surface area contributed by atoms with E-state index < -0.39 is 17.1 Å². The minimum absolute atomic E-state index is 0.0588. The van der Waals surface area contributed by atoms with Crippen molar-refractivity contribution < 1.29 is 8.91 Å². The fourth-order valence-corrected chi connectivity index (χ4v) is 3.45. The second-order valence-electron chi connectivity index (χ2n) is 6.66. The van der Waals surface area contributed by atoms with Gasteiger partial charge in [0, 0.05) is 19.5 Å². The van der Waals surface area contributed by atoms with Crippen LogP contribution in [0.25, 0.3) is 22.6 Å². The van der Waals surface area contributed by atoms with Gasteiger partial charge in [-0.3, -0.25) is 13.9 Å². The number of aromatic amines is 1. The summed E-state index contributed by atoms with van der Waals surface area (Å²) in [6, 6.07) is 6.19. The summed E-state index contributed by atoms with van der Waals surface area (Å²) in [5, 5.41) is 3.87. The average Bonchev–Trinajstić information content (AvgIpc) is 3.35. The van der Waals surface area contributed by atoms with Crippen LogP contribution in [-0.2, 0) is 19.5 Å². The highest BCUT2D eigenvalue weighted by Crippen LogP contribution is 2.19. The summed E-state index contributed by atoms with van der Waals surface area (Å²) in [5.74, 6) is 0.125. The molecule has 0 radical (unpaired) electrons. The highest BCUT2D eigenvalue weighted by molar-refractivity contribution is 6.28. The van der Waals surface area contributed by atoms with Gasteiger partial charge in [-0.05, 0) is 43.5 Å². The quantitative estimate of drug-likeness (QED) is 0.355. The molecule has 4 aromatic rings. The lowest BCUT2D eigenvalue weighted by molar-refractivity contribution is 0.372. The van der Waals surface area contributed by atoms with Crippen molar-refractivity contribution in [1.82, 2.24) is 29.2 Å². The Morgan fingerprint density at radius 3 is 2.73 bits per heavy atom. The normalized spacial score (nSPS) is 11.4. The molecule has 0 atom stereocenters. The highest BCUT2D eigenvalue weighted by Gasteiger charge is 2.16. The fourth-order valence-electron chi connectivity index (χ4n) is 3.28. The molecule has 11 heteroatoms. The molecule has 9 nitrogen and oxygen atoms in total. The van der Waals surface area contributed by atoms with Crippen molar-refractivity contribution in [2.75, 3.05) is 0 Å². The summed E-state index contributed by atoms with van der Waals surface area (Å²) >= 11 is 5.86. The standard InChI is InChI=1S/C19H18ClFN6O3/c1-2-26-16-14(23-18(20)24-16)17(28)27(19(26)29)10-6-5-9-13-22-15(25-30-13)11-7-3-4-8-12(11)21/h3-4,7-8H,2,5-6,9-10H2,1H3,(H,23,24). The van der Waals surface area contributed by atoms with Crippen LogP contribution in [0.4, 0.5) is 4.39 Å². The van der Waals surface area contributed by atoms with Gasteiger partial charge >= 0.3 is 5.69 Å². The van der Waals surface area contributed by atoms with Crippen LogP contribution in [-0.4, -0.2) is 29.2 Å². The number of H-pyrrole nitrogens is 1. The zero-order chi connectivity index (χ0) is 21.3. The lowest BCUT2D eigenvalue weighted by Crippen LogP contribution is -2.40. The Bertz CT molecular complexity index is 1320. The summed E-state index contributed by atoms with van der Waals surface area (Å²) in [7, 11) is 0. The Balaban J connectivity index is 1.46. The van der Waals surface area contributed by atoms with E-state index in [-0.39, 0.29) is 34.4 Å². The second kappa shape index (κ2) is 8.23. The molecular formula is C19H18ClFN6O3. The Kier molecular flexibility index (Phi) is 5.49. The number of benzene rings is 1. The molecule has 3 heterocycles. The van der Waals surface area contributed by atoms with Gasteiger partial charge in [0.05, 0.1) is 5.56 Å². The van der Waals surface area contributed by atoms with Crippen LogP contribution in [0.5, 0.6) is 0 Å². The molecule has 1 N–H and O–H groups in total. The van der Waals surface area contributed by atoms with Crippen molar-refractivity contribution in [3.05, 3.63) is 62.1 Å². The van der Waals surface area contributed by atoms with E-state index in [2.05, 4.69) is 20.1 Å². The van der Waals surface area contributed by atoms with E-state index in [0.717, 1.165) is 0 Å². The number of nitrogens with one attached hydrogen (secondary N) is 1. The first kappa shape index (κ1) is 20.0. The third-order valence-electron chi connectivity index (χ3n) is 4.75. The van der Waals surface area contributed by atoms with E-state index in [1.165, 1.54) is 15.2 Å². The van der Waals surface area contributed by atoms with Gasteiger partial charge in [0.1, 0.15) is 5.82 Å². The summed E-state index contributed by atoms with van der Waals surface area (Å²) < 4.78 is 21.6. The van der Waals surface area contributed by atoms with Crippen LogP contribution in [0.2, 0.25) is 5.28 Å². The number of unbranched alkanes of at least 4 members (excludes halogenated alkanes) is 1. The van der Waals surface area contributed by atoms with Crippen LogP contribution < -0.4 is 11.2 Å². The molecule has 0 amide bonds. The summed E-state index contributed by atoms with van der Waals surface area (Å²) in [5.41, 5.74) is -0.171. The number of hydrogen-bond donors (Lipinski definition) is 1. The van der Waals surface area contributed by atoms with Crippen molar-refractivity contribution in [3.8, 4) is 11.4 Å². The van der Waals surface area contributed by atoms with E-state index in [4.69, 9.17) is 16.1 Å². The van der Waals surface area contributed by atoms with Gasteiger partial charge in [-0.15, -0.1) is 0 Å². The number of rotatable bonds is 7. The lowest BCUT2D eigenvalue weighted by Gasteiger charge is -2.09. The van der Waals surface area contributed by atoms with Gasteiger partial charge in [0.15, 0.2) is 11.2 Å². The summed E-state index contributed by atoms with van der Waals surface area (Å²) in [6.07, 6.45) is 1.57. The van der Waals surface area contributed by atoms with E-state index >= 15 is 0 Å². The fraction of sp³-hybridized carbons (Fsp3) is 0.316. The molecule has 0 aliphatic rings. The highest BCUT2D eigenvalue weighted by atomic mass is 35.5. The number of halogens is 2. The Morgan fingerprint density at radius 1 is 1.17 bits per heavy atom. The van der Waals surface area contributed by atoms with E-state index in [9.17, 15) is 14.0 Å². The zero-order valence-electron chi connectivity index (χ0n) is 16.1. The molecule has 30 heavy (non-hydrogen) atoms. The smallest absolute Gasteiger partial charge is 0.332 e. The Labute approximate surface area is 174 Å². The molecule has 156 valence electrons. The molecule has 0 unspecified atom stereocenters. The van der Waals surface area contributed by atoms with Gasteiger partial charge in [-0.2, -0.15) is 9.97 Å². The Hall–Kier alpha value is -3.27. The predicted molar refractivity (Wildman–Crippen MR) is 108 cm³/mol. The van der Waals surface area contributed by atoms with Crippen LogP contribution >= 0.6 is 11.6 Å². The van der Waals surface area contributed by atoms with Crippen LogP contribution in [0.3, 0.4) is 0 Å². The van der Waals surface area contributed by atoms with Crippen LogP contribution in [0.1, 0.15) is 25.7 Å². The second-order valence-corrected chi connectivity index (χ2v) is 7.02. The number of aromatic nitrogens is 6. The van der Waals surface area contributed by atoms with Gasteiger partial charge in [-0.25, -0.2) is 9.18 Å². The molecule has 3 aromatic heterocycles. The largest absolute Gasteiger partial charge is 0.339 e. The molecule has 0 aliphatic carbocycles. The average molecular weight is 433 g/mol. The van der Waals surface area contributed by atoms with Crippen molar-refractivity contribution in [3.63, 3.8) is 0 Å².